The number of urea groups is 1. The second-order valence-corrected chi connectivity index (χ2v) is 8.81. The van der Waals surface area contributed by atoms with E-state index in [9.17, 15) is 9.59 Å². The third-order valence-corrected chi connectivity index (χ3v) is 6.68. The third kappa shape index (κ3) is 3.52. The van der Waals surface area contributed by atoms with E-state index in [4.69, 9.17) is 4.42 Å². The summed E-state index contributed by atoms with van der Waals surface area (Å²) in [5.41, 5.74) is -0.0809. The molecular formula is C20H29N3O3. The van der Waals surface area contributed by atoms with Crippen LogP contribution in [0, 0.1) is 17.8 Å². The van der Waals surface area contributed by atoms with Gasteiger partial charge in [0.05, 0.1) is 18.8 Å². The van der Waals surface area contributed by atoms with E-state index in [1.54, 1.807) is 13.2 Å². The van der Waals surface area contributed by atoms with Gasteiger partial charge in [0.2, 0.25) is 5.91 Å². The molecule has 2 N–H and O–H groups in total. The molecule has 4 saturated carbocycles. The van der Waals surface area contributed by atoms with Crippen LogP contribution in [-0.2, 0) is 11.3 Å². The number of rotatable bonds is 5. The quantitative estimate of drug-likeness (QED) is 0.848. The Hall–Kier alpha value is -1.82. The monoisotopic (exact) mass is 359 g/mol. The summed E-state index contributed by atoms with van der Waals surface area (Å²) in [7, 11) is 1.85. The Morgan fingerprint density at radius 3 is 2.38 bits per heavy atom. The highest BCUT2D eigenvalue weighted by Crippen LogP contribution is 2.55. The zero-order valence-corrected chi connectivity index (χ0v) is 15.7. The first kappa shape index (κ1) is 17.6. The summed E-state index contributed by atoms with van der Waals surface area (Å²) >= 11 is 0. The van der Waals surface area contributed by atoms with Crippen LogP contribution in [0.5, 0.6) is 0 Å². The van der Waals surface area contributed by atoms with Crippen molar-refractivity contribution in [1.29, 1.82) is 0 Å². The van der Waals surface area contributed by atoms with E-state index >= 15 is 0 Å². The number of hydrogen-bond acceptors (Lipinski definition) is 4. The van der Waals surface area contributed by atoms with Crippen LogP contribution >= 0.6 is 0 Å². The number of carbonyl (C=O) groups is 2. The first-order chi connectivity index (χ1) is 12.4. The minimum Gasteiger partial charge on any atom is -0.468 e. The maximum Gasteiger partial charge on any atom is 0.321 e. The van der Waals surface area contributed by atoms with Gasteiger partial charge in [-0.1, -0.05) is 0 Å². The molecule has 3 amide bonds. The number of nitrogens with one attached hydrogen (secondary N) is 2. The molecule has 1 aromatic rings. The first-order valence-corrected chi connectivity index (χ1v) is 9.78. The Bertz CT molecular complexity index is 635. The molecule has 0 aromatic carbocycles. The number of furan rings is 1. The molecule has 0 aliphatic heterocycles. The van der Waals surface area contributed by atoms with Crippen molar-refractivity contribution in [2.24, 2.45) is 17.8 Å². The van der Waals surface area contributed by atoms with Gasteiger partial charge in [0.15, 0.2) is 0 Å². The van der Waals surface area contributed by atoms with Crippen molar-refractivity contribution in [3.63, 3.8) is 0 Å². The normalized spacial score (nSPS) is 33.3. The van der Waals surface area contributed by atoms with Gasteiger partial charge in [0.25, 0.3) is 0 Å². The van der Waals surface area contributed by atoms with Gasteiger partial charge >= 0.3 is 6.03 Å². The molecule has 0 spiro atoms. The van der Waals surface area contributed by atoms with Crippen LogP contribution in [0.3, 0.4) is 0 Å². The Kier molecular flexibility index (Phi) is 4.55. The molecule has 4 fully saturated rings. The fraction of sp³-hybridized carbons (Fsp3) is 0.700. The fourth-order valence-electron chi connectivity index (χ4n) is 5.74. The molecule has 4 bridgehead atoms. The molecule has 142 valence electrons. The summed E-state index contributed by atoms with van der Waals surface area (Å²) in [6, 6.07) is 2.95. The summed E-state index contributed by atoms with van der Waals surface area (Å²) in [6.07, 6.45) is 8.84. The summed E-state index contributed by atoms with van der Waals surface area (Å²) in [6.45, 7) is 2.33. The van der Waals surface area contributed by atoms with Crippen LogP contribution in [0.25, 0.3) is 0 Å². The molecule has 6 heteroatoms. The lowest BCUT2D eigenvalue weighted by Crippen LogP contribution is -2.62. The summed E-state index contributed by atoms with van der Waals surface area (Å²) in [5, 5.41) is 5.74. The van der Waals surface area contributed by atoms with Crippen LogP contribution in [-0.4, -0.2) is 35.5 Å². The number of imide groups is 1. The van der Waals surface area contributed by atoms with E-state index in [-0.39, 0.29) is 17.5 Å². The van der Waals surface area contributed by atoms with Gasteiger partial charge in [0, 0.05) is 5.54 Å². The second-order valence-electron chi connectivity index (χ2n) is 8.81. The van der Waals surface area contributed by atoms with Crippen molar-refractivity contribution in [3.05, 3.63) is 24.2 Å². The van der Waals surface area contributed by atoms with Gasteiger partial charge in [-0.2, -0.15) is 0 Å². The molecule has 0 unspecified atom stereocenters. The summed E-state index contributed by atoms with van der Waals surface area (Å²) in [5.74, 6) is 2.80. The van der Waals surface area contributed by atoms with Crippen molar-refractivity contribution in [2.45, 2.75) is 63.6 Å². The highest BCUT2D eigenvalue weighted by molar-refractivity contribution is 5.97. The largest absolute Gasteiger partial charge is 0.468 e. The van der Waals surface area contributed by atoms with Crippen LogP contribution in [0.15, 0.2) is 22.8 Å². The zero-order chi connectivity index (χ0) is 18.3. The number of carbonyl (C=O) groups excluding carboxylic acids is 2. The van der Waals surface area contributed by atoms with E-state index in [0.29, 0.717) is 6.54 Å². The van der Waals surface area contributed by atoms with E-state index in [1.807, 2.05) is 24.1 Å². The predicted octanol–water partition coefficient (Wildman–Crippen LogP) is 2.89. The fourth-order valence-corrected chi connectivity index (χ4v) is 5.74. The molecule has 6 nitrogen and oxygen atoms in total. The van der Waals surface area contributed by atoms with Crippen molar-refractivity contribution >= 4 is 11.9 Å². The lowest BCUT2D eigenvalue weighted by Gasteiger charge is -2.56. The van der Waals surface area contributed by atoms with Gasteiger partial charge in [0.1, 0.15) is 5.76 Å². The van der Waals surface area contributed by atoms with Gasteiger partial charge in [-0.05, 0) is 82.4 Å². The van der Waals surface area contributed by atoms with E-state index in [2.05, 4.69) is 10.6 Å². The average Bonchev–Trinajstić information content (AvgIpc) is 3.04. The van der Waals surface area contributed by atoms with Crippen LogP contribution < -0.4 is 10.6 Å². The molecule has 1 atom stereocenters. The standard InChI is InChI=1S/C20H29N3O3/c1-13(23(2)12-17-4-3-5-26-17)18(24)21-19(25)22-20-9-14-6-15(10-20)8-16(7-14)11-20/h3-5,13-16H,6-12H2,1-2H3,(H2,21,22,24,25)/t13-,14?,15?,16?,20?/m0/s1. The predicted molar refractivity (Wildman–Crippen MR) is 97.2 cm³/mol. The highest BCUT2D eigenvalue weighted by atomic mass is 16.3. The number of nitrogens with zero attached hydrogens (tertiary/aromatic N) is 1. The topological polar surface area (TPSA) is 74.6 Å². The van der Waals surface area contributed by atoms with Gasteiger partial charge in [-0.15, -0.1) is 0 Å². The van der Waals surface area contributed by atoms with Crippen LogP contribution in [0.2, 0.25) is 0 Å². The van der Waals surface area contributed by atoms with Crippen molar-refractivity contribution < 1.29 is 14.0 Å². The van der Waals surface area contributed by atoms with E-state index < -0.39 is 6.04 Å². The third-order valence-electron chi connectivity index (χ3n) is 6.68. The maximum absolute atomic E-state index is 12.5. The molecule has 0 radical (unpaired) electrons. The maximum atomic E-state index is 12.5. The van der Waals surface area contributed by atoms with Crippen molar-refractivity contribution in [3.8, 4) is 0 Å². The zero-order valence-electron chi connectivity index (χ0n) is 15.7. The molecule has 5 rings (SSSR count). The Labute approximate surface area is 154 Å². The molecule has 1 heterocycles. The first-order valence-electron chi connectivity index (χ1n) is 9.78. The van der Waals surface area contributed by atoms with Crippen LogP contribution in [0.4, 0.5) is 4.79 Å². The average molecular weight is 359 g/mol. The Morgan fingerprint density at radius 1 is 1.23 bits per heavy atom. The number of amides is 3. The minimum atomic E-state index is -0.415. The Balaban J connectivity index is 1.31. The summed E-state index contributed by atoms with van der Waals surface area (Å²) < 4.78 is 5.32. The van der Waals surface area contributed by atoms with E-state index in [0.717, 1.165) is 42.8 Å². The second kappa shape index (κ2) is 6.72. The number of hydrogen-bond donors (Lipinski definition) is 2. The molecule has 0 saturated heterocycles. The lowest BCUT2D eigenvalue weighted by atomic mass is 9.53. The highest BCUT2D eigenvalue weighted by Gasteiger charge is 2.51. The minimum absolute atomic E-state index is 0.0809. The van der Waals surface area contributed by atoms with Crippen molar-refractivity contribution in [2.75, 3.05) is 7.05 Å². The molecule has 4 aliphatic rings. The van der Waals surface area contributed by atoms with Gasteiger partial charge < -0.3 is 9.73 Å². The SMILES string of the molecule is C[C@@H](C(=O)NC(=O)NC12CC3CC(CC(C3)C1)C2)N(C)Cc1ccco1. The van der Waals surface area contributed by atoms with E-state index in [1.165, 1.54) is 19.3 Å². The van der Waals surface area contributed by atoms with Crippen molar-refractivity contribution in [1.82, 2.24) is 15.5 Å². The van der Waals surface area contributed by atoms with Gasteiger partial charge in [-0.25, -0.2) is 4.79 Å². The summed E-state index contributed by atoms with van der Waals surface area (Å²) in [4.78, 5) is 26.8. The number of likely N-dealkylation sites (N-methyl/N-ethyl adjacent to an activating group) is 1. The molecule has 1 aromatic heterocycles. The Morgan fingerprint density at radius 2 is 1.85 bits per heavy atom. The molecule has 26 heavy (non-hydrogen) atoms. The molecule has 4 aliphatic carbocycles. The lowest BCUT2D eigenvalue weighted by molar-refractivity contribution is -0.124. The molecular weight excluding hydrogens is 330 g/mol. The smallest absolute Gasteiger partial charge is 0.321 e. The van der Waals surface area contributed by atoms with Crippen LogP contribution in [0.1, 0.15) is 51.2 Å². The van der Waals surface area contributed by atoms with Gasteiger partial charge in [-0.3, -0.25) is 15.0 Å².